The average Bonchev–Trinajstić information content (AvgIpc) is 3.28. The number of carbonyl (C=O) groups excluding carboxylic acids is 1. The van der Waals surface area contributed by atoms with Gasteiger partial charge in [0.1, 0.15) is 5.76 Å². The summed E-state index contributed by atoms with van der Waals surface area (Å²) in [7, 11) is 0. The van der Waals surface area contributed by atoms with Crippen LogP contribution in [0.5, 0.6) is 11.5 Å². The van der Waals surface area contributed by atoms with Crippen molar-refractivity contribution in [3.63, 3.8) is 0 Å². The van der Waals surface area contributed by atoms with E-state index in [1.54, 1.807) is 6.92 Å². The Bertz CT molecular complexity index is 743. The molecular formula is C19H24N2O5. The molecule has 1 aromatic carbocycles. The van der Waals surface area contributed by atoms with Crippen LogP contribution in [0.15, 0.2) is 28.8 Å². The van der Waals surface area contributed by atoms with Crippen LogP contribution in [-0.4, -0.2) is 31.1 Å². The number of nitrogens with two attached hydrogens (primary N) is 1. The summed E-state index contributed by atoms with van der Waals surface area (Å²) in [4.78, 5) is 12.1. The van der Waals surface area contributed by atoms with Crippen LogP contribution in [0.3, 0.4) is 0 Å². The maximum absolute atomic E-state index is 12.1. The van der Waals surface area contributed by atoms with Crippen LogP contribution in [0.4, 0.5) is 0 Å². The summed E-state index contributed by atoms with van der Waals surface area (Å²) in [5.41, 5.74) is 7.39. The molecule has 1 unspecified atom stereocenters. The standard InChI is InChI=1S/C19H24N2O5/c1-2-23-19(22)10-14(8-16-11-15(21-26-16)4-3-7-20)13-5-6-17-18(9-13)25-12-24-17/h5-6,9,11,14H,2-4,7-8,10,12,20H2,1H3. The average molecular weight is 360 g/mol. The molecule has 26 heavy (non-hydrogen) atoms. The van der Waals surface area contributed by atoms with Gasteiger partial charge in [-0.3, -0.25) is 4.79 Å². The van der Waals surface area contributed by atoms with E-state index < -0.39 is 0 Å². The number of aryl methyl sites for hydroxylation is 1. The summed E-state index contributed by atoms with van der Waals surface area (Å²) in [6.45, 7) is 2.99. The predicted octanol–water partition coefficient (Wildman–Crippen LogP) is 2.57. The number of rotatable bonds is 9. The van der Waals surface area contributed by atoms with E-state index >= 15 is 0 Å². The molecule has 1 aliphatic heterocycles. The molecule has 1 aliphatic rings. The lowest BCUT2D eigenvalue weighted by atomic mass is 9.91. The highest BCUT2D eigenvalue weighted by Gasteiger charge is 2.23. The Kier molecular flexibility index (Phi) is 6.12. The van der Waals surface area contributed by atoms with Crippen molar-refractivity contribution >= 4 is 5.97 Å². The fraction of sp³-hybridized carbons (Fsp3) is 0.474. The normalized spacial score (nSPS) is 13.6. The van der Waals surface area contributed by atoms with E-state index in [1.165, 1.54) is 0 Å². The Morgan fingerprint density at radius 1 is 1.31 bits per heavy atom. The van der Waals surface area contributed by atoms with E-state index in [-0.39, 0.29) is 25.1 Å². The van der Waals surface area contributed by atoms with Gasteiger partial charge in [0.05, 0.1) is 18.7 Å². The van der Waals surface area contributed by atoms with Crippen LogP contribution in [0.1, 0.15) is 42.7 Å². The number of nitrogens with zero attached hydrogens (tertiary/aromatic N) is 1. The van der Waals surface area contributed by atoms with E-state index in [4.69, 9.17) is 24.5 Å². The monoisotopic (exact) mass is 360 g/mol. The van der Waals surface area contributed by atoms with Gasteiger partial charge in [0, 0.05) is 18.4 Å². The van der Waals surface area contributed by atoms with Crippen molar-refractivity contribution in [2.75, 3.05) is 19.9 Å². The van der Waals surface area contributed by atoms with Gasteiger partial charge >= 0.3 is 5.97 Å². The molecule has 2 aromatic rings. The van der Waals surface area contributed by atoms with Crippen LogP contribution in [0, 0.1) is 0 Å². The SMILES string of the molecule is CCOC(=O)CC(Cc1cc(CCCN)no1)c1ccc2c(c1)OCO2. The van der Waals surface area contributed by atoms with Gasteiger partial charge in [0.2, 0.25) is 6.79 Å². The summed E-state index contributed by atoms with van der Waals surface area (Å²) in [6, 6.07) is 7.66. The van der Waals surface area contributed by atoms with Crippen LogP contribution in [-0.2, 0) is 22.4 Å². The summed E-state index contributed by atoms with van der Waals surface area (Å²) in [5, 5.41) is 4.08. The highest BCUT2D eigenvalue weighted by atomic mass is 16.7. The second kappa shape index (κ2) is 8.71. The van der Waals surface area contributed by atoms with Crippen molar-refractivity contribution in [2.24, 2.45) is 5.73 Å². The van der Waals surface area contributed by atoms with Crippen molar-refractivity contribution in [3.8, 4) is 11.5 Å². The first-order valence-electron chi connectivity index (χ1n) is 8.89. The summed E-state index contributed by atoms with van der Waals surface area (Å²) >= 11 is 0. The smallest absolute Gasteiger partial charge is 0.306 e. The van der Waals surface area contributed by atoms with Crippen LogP contribution in [0.2, 0.25) is 0 Å². The topological polar surface area (TPSA) is 96.8 Å². The number of ether oxygens (including phenoxy) is 3. The Morgan fingerprint density at radius 2 is 2.15 bits per heavy atom. The molecule has 0 bridgehead atoms. The van der Waals surface area contributed by atoms with Gasteiger partial charge in [-0.2, -0.15) is 0 Å². The maximum atomic E-state index is 12.1. The molecule has 0 saturated heterocycles. The zero-order valence-corrected chi connectivity index (χ0v) is 14.9. The zero-order chi connectivity index (χ0) is 18.4. The third kappa shape index (κ3) is 4.54. The van der Waals surface area contributed by atoms with Crippen molar-refractivity contribution in [1.82, 2.24) is 5.16 Å². The highest BCUT2D eigenvalue weighted by Crippen LogP contribution is 2.36. The molecular weight excluding hydrogens is 336 g/mol. The maximum Gasteiger partial charge on any atom is 0.306 e. The lowest BCUT2D eigenvalue weighted by Gasteiger charge is -2.15. The molecule has 2 N–H and O–H groups in total. The Balaban J connectivity index is 1.76. The molecule has 3 rings (SSSR count). The van der Waals surface area contributed by atoms with Gasteiger partial charge < -0.3 is 24.5 Å². The summed E-state index contributed by atoms with van der Waals surface area (Å²) < 4.78 is 21.4. The van der Waals surface area contributed by atoms with Gasteiger partial charge in [0.15, 0.2) is 11.5 Å². The number of fused-ring (bicyclic) bond motifs is 1. The van der Waals surface area contributed by atoms with E-state index in [2.05, 4.69) is 5.16 Å². The van der Waals surface area contributed by atoms with Gasteiger partial charge in [0.25, 0.3) is 0 Å². The first-order valence-corrected chi connectivity index (χ1v) is 8.89. The minimum atomic E-state index is -0.238. The van der Waals surface area contributed by atoms with Crippen molar-refractivity contribution in [1.29, 1.82) is 0 Å². The number of aromatic nitrogens is 1. The first kappa shape index (κ1) is 18.3. The Morgan fingerprint density at radius 3 is 2.96 bits per heavy atom. The second-order valence-electron chi connectivity index (χ2n) is 6.20. The van der Waals surface area contributed by atoms with Crippen LogP contribution < -0.4 is 15.2 Å². The van der Waals surface area contributed by atoms with E-state index in [0.717, 1.165) is 29.9 Å². The minimum absolute atomic E-state index is 0.0983. The molecule has 0 aliphatic carbocycles. The quantitative estimate of drug-likeness (QED) is 0.686. The fourth-order valence-electron chi connectivity index (χ4n) is 2.99. The van der Waals surface area contributed by atoms with Gasteiger partial charge in [-0.1, -0.05) is 11.2 Å². The van der Waals surface area contributed by atoms with Gasteiger partial charge in [-0.25, -0.2) is 0 Å². The fourth-order valence-corrected chi connectivity index (χ4v) is 2.99. The zero-order valence-electron chi connectivity index (χ0n) is 14.9. The molecule has 2 heterocycles. The van der Waals surface area contributed by atoms with E-state index in [0.29, 0.717) is 31.1 Å². The molecule has 7 heteroatoms. The summed E-state index contributed by atoms with van der Waals surface area (Å²) in [6.07, 6.45) is 2.45. The number of esters is 1. The molecule has 0 fully saturated rings. The minimum Gasteiger partial charge on any atom is -0.466 e. The lowest BCUT2D eigenvalue weighted by Crippen LogP contribution is -2.12. The molecule has 1 aromatic heterocycles. The lowest BCUT2D eigenvalue weighted by molar-refractivity contribution is -0.143. The number of benzene rings is 1. The third-order valence-corrected chi connectivity index (χ3v) is 4.28. The Labute approximate surface area is 152 Å². The van der Waals surface area contributed by atoms with Gasteiger partial charge in [-0.05, 0) is 44.0 Å². The molecule has 140 valence electrons. The molecule has 0 saturated carbocycles. The molecule has 1 atom stereocenters. The predicted molar refractivity (Wildman–Crippen MR) is 94.1 cm³/mol. The molecule has 0 radical (unpaired) electrons. The van der Waals surface area contributed by atoms with E-state index in [9.17, 15) is 4.79 Å². The van der Waals surface area contributed by atoms with Crippen molar-refractivity contribution in [2.45, 2.75) is 38.5 Å². The Hall–Kier alpha value is -2.54. The summed E-state index contributed by atoms with van der Waals surface area (Å²) in [5.74, 6) is 1.81. The third-order valence-electron chi connectivity index (χ3n) is 4.28. The first-order chi connectivity index (χ1) is 12.7. The highest BCUT2D eigenvalue weighted by molar-refractivity contribution is 5.70. The van der Waals surface area contributed by atoms with Crippen LogP contribution >= 0.6 is 0 Å². The van der Waals surface area contributed by atoms with Gasteiger partial charge in [-0.15, -0.1) is 0 Å². The van der Waals surface area contributed by atoms with Crippen molar-refractivity contribution in [3.05, 3.63) is 41.3 Å². The largest absolute Gasteiger partial charge is 0.466 e. The van der Waals surface area contributed by atoms with Crippen molar-refractivity contribution < 1.29 is 23.5 Å². The number of hydrogen-bond donors (Lipinski definition) is 1. The van der Waals surface area contributed by atoms with E-state index in [1.807, 2.05) is 24.3 Å². The number of carbonyl (C=O) groups is 1. The van der Waals surface area contributed by atoms with Crippen LogP contribution in [0.25, 0.3) is 0 Å². The second-order valence-corrected chi connectivity index (χ2v) is 6.20. The molecule has 0 amide bonds. The molecule has 7 nitrogen and oxygen atoms in total. The number of hydrogen-bond acceptors (Lipinski definition) is 7. The molecule has 0 spiro atoms.